The smallest absolute Gasteiger partial charge is 0.238 e. The summed E-state index contributed by atoms with van der Waals surface area (Å²) in [7, 11) is -3.15. The summed E-state index contributed by atoms with van der Waals surface area (Å²) in [6.07, 6.45) is 2.36. The second-order valence-electron chi connectivity index (χ2n) is 4.42. The third-order valence-electron chi connectivity index (χ3n) is 3.24. The predicted octanol–water partition coefficient (Wildman–Crippen LogP) is 1.12. The summed E-state index contributed by atoms with van der Waals surface area (Å²) < 4.78 is 25.9. The largest absolute Gasteiger partial charge is 0.397 e. The highest BCUT2D eigenvalue weighted by Gasteiger charge is 2.42. The summed E-state index contributed by atoms with van der Waals surface area (Å²) in [5.41, 5.74) is 8.20. The zero-order valence-electron chi connectivity index (χ0n) is 8.89. The Hall–Kier alpha value is -1.23. The fraction of sp³-hybridized carbons (Fsp3) is 0.455. The average Bonchev–Trinajstić information content (AvgIpc) is 2.99. The van der Waals surface area contributed by atoms with Crippen LogP contribution >= 0.6 is 0 Å². The maximum atomic E-state index is 12.2. The van der Waals surface area contributed by atoms with Crippen LogP contribution in [0.4, 0.5) is 11.4 Å². The molecule has 0 radical (unpaired) electrons. The van der Waals surface area contributed by atoms with E-state index in [0.717, 1.165) is 30.5 Å². The van der Waals surface area contributed by atoms with E-state index in [1.807, 2.05) is 12.1 Å². The molecule has 0 atom stereocenters. The Morgan fingerprint density at radius 3 is 2.75 bits per heavy atom. The SMILES string of the molecule is Nc1cccc2c1N(S(=O)(=O)C1CC1)CC2. The van der Waals surface area contributed by atoms with Crippen LogP contribution in [-0.2, 0) is 16.4 Å². The number of nitrogen functional groups attached to an aromatic ring is 1. The maximum Gasteiger partial charge on any atom is 0.238 e. The highest BCUT2D eigenvalue weighted by atomic mass is 32.2. The lowest BCUT2D eigenvalue weighted by atomic mass is 10.1. The van der Waals surface area contributed by atoms with Gasteiger partial charge in [0.05, 0.1) is 16.6 Å². The van der Waals surface area contributed by atoms with Crippen LogP contribution in [0, 0.1) is 0 Å². The van der Waals surface area contributed by atoms with Gasteiger partial charge in [0.2, 0.25) is 10.0 Å². The van der Waals surface area contributed by atoms with Crippen molar-refractivity contribution in [2.24, 2.45) is 0 Å². The van der Waals surface area contributed by atoms with Gasteiger partial charge in [0, 0.05) is 6.54 Å². The molecule has 0 aromatic heterocycles. The van der Waals surface area contributed by atoms with E-state index < -0.39 is 10.0 Å². The van der Waals surface area contributed by atoms with Crippen molar-refractivity contribution in [1.29, 1.82) is 0 Å². The van der Waals surface area contributed by atoms with E-state index in [0.29, 0.717) is 12.2 Å². The van der Waals surface area contributed by atoms with Crippen molar-refractivity contribution in [3.63, 3.8) is 0 Å². The third kappa shape index (κ3) is 1.31. The molecule has 0 amide bonds. The standard InChI is InChI=1S/C11H14N2O2S/c12-10-3-1-2-8-6-7-13(11(8)10)16(14,15)9-4-5-9/h1-3,9H,4-7,12H2. The molecular weight excluding hydrogens is 224 g/mol. The Bertz CT molecular complexity index is 535. The lowest BCUT2D eigenvalue weighted by Crippen LogP contribution is -2.32. The Kier molecular flexibility index (Phi) is 1.95. The van der Waals surface area contributed by atoms with Crippen LogP contribution in [0.25, 0.3) is 0 Å². The van der Waals surface area contributed by atoms with Crippen LogP contribution < -0.4 is 10.0 Å². The fourth-order valence-electron chi connectivity index (χ4n) is 2.25. The molecule has 1 heterocycles. The van der Waals surface area contributed by atoms with E-state index in [1.165, 1.54) is 4.31 Å². The normalized spacial score (nSPS) is 19.9. The molecule has 0 bridgehead atoms. The van der Waals surface area contributed by atoms with Crippen molar-refractivity contribution < 1.29 is 8.42 Å². The second kappa shape index (κ2) is 3.13. The van der Waals surface area contributed by atoms with Gasteiger partial charge in [0.25, 0.3) is 0 Å². The van der Waals surface area contributed by atoms with Crippen molar-refractivity contribution >= 4 is 21.4 Å². The Morgan fingerprint density at radius 2 is 2.06 bits per heavy atom. The number of nitrogens with zero attached hydrogens (tertiary/aromatic N) is 1. The molecule has 1 aliphatic heterocycles. The highest BCUT2D eigenvalue weighted by Crippen LogP contribution is 2.40. The number of hydrogen-bond acceptors (Lipinski definition) is 3. The van der Waals surface area contributed by atoms with Gasteiger partial charge < -0.3 is 5.73 Å². The first-order chi connectivity index (χ1) is 7.60. The summed E-state index contributed by atoms with van der Waals surface area (Å²) in [5, 5.41) is -0.168. The zero-order chi connectivity index (χ0) is 11.3. The average molecular weight is 238 g/mol. The summed E-state index contributed by atoms with van der Waals surface area (Å²) in [4.78, 5) is 0. The number of hydrogen-bond donors (Lipinski definition) is 1. The van der Waals surface area contributed by atoms with E-state index in [1.54, 1.807) is 6.07 Å². The number of rotatable bonds is 2. The maximum absolute atomic E-state index is 12.2. The van der Waals surface area contributed by atoms with Crippen molar-refractivity contribution in [1.82, 2.24) is 0 Å². The number of nitrogens with two attached hydrogens (primary N) is 1. The molecule has 86 valence electrons. The van der Waals surface area contributed by atoms with Crippen molar-refractivity contribution in [3.8, 4) is 0 Å². The molecule has 0 saturated heterocycles. The van der Waals surface area contributed by atoms with Crippen LogP contribution in [0.2, 0.25) is 0 Å². The number of fused-ring (bicyclic) bond motifs is 1. The van der Waals surface area contributed by atoms with Gasteiger partial charge in [-0.25, -0.2) is 8.42 Å². The first kappa shape index (κ1) is 9.96. The zero-order valence-corrected chi connectivity index (χ0v) is 9.70. The van der Waals surface area contributed by atoms with Crippen LogP contribution in [0.3, 0.4) is 0 Å². The first-order valence-electron chi connectivity index (χ1n) is 5.49. The van der Waals surface area contributed by atoms with E-state index in [-0.39, 0.29) is 5.25 Å². The van der Waals surface area contributed by atoms with E-state index in [9.17, 15) is 8.42 Å². The van der Waals surface area contributed by atoms with Crippen molar-refractivity contribution in [2.45, 2.75) is 24.5 Å². The lowest BCUT2D eigenvalue weighted by molar-refractivity contribution is 0.591. The van der Waals surface area contributed by atoms with Crippen LogP contribution in [0.15, 0.2) is 18.2 Å². The molecule has 0 unspecified atom stereocenters. The van der Waals surface area contributed by atoms with Crippen LogP contribution in [0.1, 0.15) is 18.4 Å². The van der Waals surface area contributed by atoms with Gasteiger partial charge in [-0.15, -0.1) is 0 Å². The molecule has 1 saturated carbocycles. The molecule has 2 aliphatic rings. The Balaban J connectivity index is 2.09. The molecule has 3 rings (SSSR count). The second-order valence-corrected chi connectivity index (χ2v) is 6.56. The molecule has 5 heteroatoms. The van der Waals surface area contributed by atoms with Crippen LogP contribution in [0.5, 0.6) is 0 Å². The number of benzene rings is 1. The number of para-hydroxylation sites is 1. The summed E-state index contributed by atoms with van der Waals surface area (Å²) >= 11 is 0. The minimum absolute atomic E-state index is 0.168. The van der Waals surface area contributed by atoms with E-state index >= 15 is 0 Å². The summed E-state index contributed by atoms with van der Waals surface area (Å²) in [6, 6.07) is 5.59. The molecule has 0 spiro atoms. The number of anilines is 2. The molecule has 4 nitrogen and oxygen atoms in total. The van der Waals surface area contributed by atoms with E-state index in [2.05, 4.69) is 0 Å². The minimum atomic E-state index is -3.15. The Labute approximate surface area is 95.1 Å². The summed E-state index contributed by atoms with van der Waals surface area (Å²) in [6.45, 7) is 0.544. The molecular formula is C11H14N2O2S. The van der Waals surface area contributed by atoms with Gasteiger partial charge in [-0.2, -0.15) is 0 Å². The molecule has 2 N–H and O–H groups in total. The van der Waals surface area contributed by atoms with Crippen molar-refractivity contribution in [2.75, 3.05) is 16.6 Å². The van der Waals surface area contributed by atoms with Gasteiger partial charge in [0.15, 0.2) is 0 Å². The quantitative estimate of drug-likeness (QED) is 0.785. The number of sulfonamides is 1. The lowest BCUT2D eigenvalue weighted by Gasteiger charge is -2.20. The monoisotopic (exact) mass is 238 g/mol. The van der Waals surface area contributed by atoms with Gasteiger partial charge in [-0.1, -0.05) is 12.1 Å². The van der Waals surface area contributed by atoms with Gasteiger partial charge >= 0.3 is 0 Å². The minimum Gasteiger partial charge on any atom is -0.397 e. The molecule has 1 aromatic rings. The molecule has 1 aromatic carbocycles. The van der Waals surface area contributed by atoms with Crippen LogP contribution in [-0.4, -0.2) is 20.2 Å². The topological polar surface area (TPSA) is 63.4 Å². The Morgan fingerprint density at radius 1 is 1.31 bits per heavy atom. The fourth-order valence-corrected chi connectivity index (χ4v) is 4.17. The summed E-state index contributed by atoms with van der Waals surface area (Å²) in [5.74, 6) is 0. The third-order valence-corrected chi connectivity index (χ3v) is 5.53. The highest BCUT2D eigenvalue weighted by molar-refractivity contribution is 7.93. The van der Waals surface area contributed by atoms with E-state index in [4.69, 9.17) is 5.73 Å². The van der Waals surface area contributed by atoms with Gasteiger partial charge in [-0.3, -0.25) is 4.31 Å². The first-order valence-corrected chi connectivity index (χ1v) is 7.00. The molecule has 16 heavy (non-hydrogen) atoms. The van der Waals surface area contributed by atoms with Gasteiger partial charge in [-0.05, 0) is 30.9 Å². The molecule has 1 aliphatic carbocycles. The van der Waals surface area contributed by atoms with Gasteiger partial charge in [0.1, 0.15) is 0 Å². The molecule has 1 fully saturated rings. The predicted molar refractivity (Wildman–Crippen MR) is 63.8 cm³/mol. The van der Waals surface area contributed by atoms with Crippen molar-refractivity contribution in [3.05, 3.63) is 23.8 Å².